The van der Waals surface area contributed by atoms with Crippen LogP contribution in [0.4, 0.5) is 0 Å². The average Bonchev–Trinajstić information content (AvgIpc) is 2.78. The molecule has 2 rings (SSSR count). The normalized spacial score (nSPS) is 12.6. The predicted molar refractivity (Wildman–Crippen MR) is 73.6 cm³/mol. The number of hydrogen-bond donors (Lipinski definition) is 1. The highest BCUT2D eigenvalue weighted by atomic mass is 32.1. The van der Waals surface area contributed by atoms with Crippen molar-refractivity contribution in [1.82, 2.24) is 10.3 Å². The first-order valence-corrected chi connectivity index (χ1v) is 6.80. The molecule has 90 valence electrons. The maximum atomic E-state index is 4.32. The van der Waals surface area contributed by atoms with E-state index in [4.69, 9.17) is 0 Å². The Morgan fingerprint density at radius 2 is 2.00 bits per heavy atom. The molecule has 1 unspecified atom stereocenters. The van der Waals surface area contributed by atoms with Crippen LogP contribution in [0.15, 0.2) is 29.8 Å². The van der Waals surface area contributed by atoms with Crippen molar-refractivity contribution >= 4 is 11.3 Å². The van der Waals surface area contributed by atoms with Crippen molar-refractivity contribution < 1.29 is 0 Å². The fourth-order valence-corrected chi connectivity index (χ4v) is 2.92. The molecule has 1 heterocycles. The summed E-state index contributed by atoms with van der Waals surface area (Å²) >= 11 is 1.71. The summed E-state index contributed by atoms with van der Waals surface area (Å²) in [6, 6.07) is 9.08. The van der Waals surface area contributed by atoms with E-state index in [2.05, 4.69) is 48.4 Å². The summed E-state index contributed by atoms with van der Waals surface area (Å²) in [6.45, 7) is 4.24. The van der Waals surface area contributed by atoms with Gasteiger partial charge in [0.25, 0.3) is 0 Å². The van der Waals surface area contributed by atoms with Gasteiger partial charge in [-0.3, -0.25) is 0 Å². The Balaban J connectivity index is 2.32. The second kappa shape index (κ2) is 5.43. The van der Waals surface area contributed by atoms with Gasteiger partial charge < -0.3 is 5.32 Å². The Kier molecular flexibility index (Phi) is 3.92. The van der Waals surface area contributed by atoms with Gasteiger partial charge in [-0.1, -0.05) is 31.2 Å². The largest absolute Gasteiger partial charge is 0.309 e. The SMILES string of the molecule is CCc1ccc(C(NC)c2scnc2C)cc1. The summed E-state index contributed by atoms with van der Waals surface area (Å²) < 4.78 is 0. The number of rotatable bonds is 4. The molecule has 0 saturated heterocycles. The van der Waals surface area contributed by atoms with Gasteiger partial charge >= 0.3 is 0 Å². The van der Waals surface area contributed by atoms with Crippen LogP contribution in [0, 0.1) is 6.92 Å². The van der Waals surface area contributed by atoms with Crippen molar-refractivity contribution in [3.8, 4) is 0 Å². The number of thiazole rings is 1. The Morgan fingerprint density at radius 3 is 2.47 bits per heavy atom. The second-order valence-electron chi connectivity index (χ2n) is 4.12. The molecule has 3 heteroatoms. The Bertz CT molecular complexity index is 473. The minimum Gasteiger partial charge on any atom is -0.309 e. The summed E-state index contributed by atoms with van der Waals surface area (Å²) in [5, 5.41) is 3.37. The predicted octanol–water partition coefficient (Wildman–Crippen LogP) is 3.32. The maximum Gasteiger partial charge on any atom is 0.0798 e. The molecule has 0 saturated carbocycles. The van der Waals surface area contributed by atoms with Crippen LogP contribution in [-0.4, -0.2) is 12.0 Å². The topological polar surface area (TPSA) is 24.9 Å². The van der Waals surface area contributed by atoms with Crippen LogP contribution in [0.25, 0.3) is 0 Å². The second-order valence-corrected chi connectivity index (χ2v) is 5.01. The van der Waals surface area contributed by atoms with Crippen LogP contribution in [-0.2, 0) is 6.42 Å². The van der Waals surface area contributed by atoms with Gasteiger partial charge in [0.15, 0.2) is 0 Å². The van der Waals surface area contributed by atoms with Gasteiger partial charge in [0, 0.05) is 4.88 Å². The van der Waals surface area contributed by atoms with E-state index in [1.807, 2.05) is 12.6 Å². The van der Waals surface area contributed by atoms with Crippen LogP contribution in [0.3, 0.4) is 0 Å². The van der Waals surface area contributed by atoms with Crippen molar-refractivity contribution in [2.24, 2.45) is 0 Å². The minimum absolute atomic E-state index is 0.258. The number of nitrogens with one attached hydrogen (secondary N) is 1. The molecule has 0 bridgehead atoms. The number of aryl methyl sites for hydroxylation is 2. The number of benzene rings is 1. The molecular formula is C14H18N2S. The maximum absolute atomic E-state index is 4.32. The third-order valence-electron chi connectivity index (χ3n) is 3.05. The first kappa shape index (κ1) is 12.3. The lowest BCUT2D eigenvalue weighted by molar-refractivity contribution is 0.697. The van der Waals surface area contributed by atoms with Crippen molar-refractivity contribution in [1.29, 1.82) is 0 Å². The molecule has 1 atom stereocenters. The van der Waals surface area contributed by atoms with E-state index >= 15 is 0 Å². The first-order valence-electron chi connectivity index (χ1n) is 5.92. The monoisotopic (exact) mass is 246 g/mol. The van der Waals surface area contributed by atoms with Crippen LogP contribution < -0.4 is 5.32 Å². The van der Waals surface area contributed by atoms with Gasteiger partial charge in [-0.15, -0.1) is 11.3 Å². The molecule has 0 spiro atoms. The summed E-state index contributed by atoms with van der Waals surface area (Å²) in [6.07, 6.45) is 1.09. The zero-order valence-corrected chi connectivity index (χ0v) is 11.3. The van der Waals surface area contributed by atoms with E-state index in [0.717, 1.165) is 12.1 Å². The van der Waals surface area contributed by atoms with Crippen LogP contribution in [0.1, 0.15) is 34.7 Å². The van der Waals surface area contributed by atoms with Crippen molar-refractivity contribution in [2.75, 3.05) is 7.05 Å². The lowest BCUT2D eigenvalue weighted by Gasteiger charge is -2.16. The number of hydrogen-bond acceptors (Lipinski definition) is 3. The lowest BCUT2D eigenvalue weighted by atomic mass is 10.0. The van der Waals surface area contributed by atoms with E-state index in [1.54, 1.807) is 11.3 Å². The van der Waals surface area contributed by atoms with E-state index in [0.29, 0.717) is 0 Å². The first-order chi connectivity index (χ1) is 8.26. The quantitative estimate of drug-likeness (QED) is 0.895. The zero-order valence-electron chi connectivity index (χ0n) is 10.5. The van der Waals surface area contributed by atoms with Crippen molar-refractivity contribution in [3.63, 3.8) is 0 Å². The third-order valence-corrected chi connectivity index (χ3v) is 4.05. The van der Waals surface area contributed by atoms with Gasteiger partial charge in [0.1, 0.15) is 0 Å². The molecule has 0 fully saturated rings. The highest BCUT2D eigenvalue weighted by molar-refractivity contribution is 7.09. The number of nitrogens with zero attached hydrogens (tertiary/aromatic N) is 1. The molecule has 1 aromatic heterocycles. The van der Waals surface area contributed by atoms with Crippen molar-refractivity contribution in [2.45, 2.75) is 26.3 Å². The Labute approximate surface area is 107 Å². The lowest BCUT2D eigenvalue weighted by Crippen LogP contribution is -2.17. The fourth-order valence-electron chi connectivity index (χ4n) is 1.98. The van der Waals surface area contributed by atoms with Crippen LogP contribution in [0.2, 0.25) is 0 Å². The molecule has 0 amide bonds. The number of aromatic nitrogens is 1. The molecular weight excluding hydrogens is 228 g/mol. The summed E-state index contributed by atoms with van der Waals surface area (Å²) in [5.74, 6) is 0. The summed E-state index contributed by atoms with van der Waals surface area (Å²) in [7, 11) is 2.00. The summed E-state index contributed by atoms with van der Waals surface area (Å²) in [4.78, 5) is 5.63. The van der Waals surface area contributed by atoms with Gasteiger partial charge in [-0.25, -0.2) is 4.98 Å². The smallest absolute Gasteiger partial charge is 0.0798 e. The average molecular weight is 246 g/mol. The molecule has 1 aromatic carbocycles. The molecule has 0 aliphatic rings. The minimum atomic E-state index is 0.258. The van der Waals surface area contributed by atoms with Gasteiger partial charge in [-0.2, -0.15) is 0 Å². The fraction of sp³-hybridized carbons (Fsp3) is 0.357. The van der Waals surface area contributed by atoms with E-state index in [1.165, 1.54) is 16.0 Å². The van der Waals surface area contributed by atoms with E-state index in [-0.39, 0.29) is 6.04 Å². The van der Waals surface area contributed by atoms with Gasteiger partial charge in [-0.05, 0) is 31.5 Å². The molecule has 1 N–H and O–H groups in total. The van der Waals surface area contributed by atoms with Crippen molar-refractivity contribution in [3.05, 3.63) is 51.5 Å². The van der Waals surface area contributed by atoms with Gasteiger partial charge in [0.05, 0.1) is 17.2 Å². The molecule has 2 nitrogen and oxygen atoms in total. The van der Waals surface area contributed by atoms with Crippen LogP contribution in [0.5, 0.6) is 0 Å². The molecule has 2 aromatic rings. The van der Waals surface area contributed by atoms with E-state index in [9.17, 15) is 0 Å². The Hall–Kier alpha value is -1.19. The molecule has 0 aliphatic heterocycles. The summed E-state index contributed by atoms with van der Waals surface area (Å²) in [5.41, 5.74) is 5.71. The highest BCUT2D eigenvalue weighted by Crippen LogP contribution is 2.27. The third kappa shape index (κ3) is 2.56. The standard InChI is InChI=1S/C14H18N2S/c1-4-11-5-7-12(8-6-11)13(15-3)14-10(2)16-9-17-14/h5-9,13,15H,4H2,1-3H3. The van der Waals surface area contributed by atoms with Crippen LogP contribution >= 0.6 is 11.3 Å². The highest BCUT2D eigenvalue weighted by Gasteiger charge is 2.15. The zero-order chi connectivity index (χ0) is 12.3. The molecule has 17 heavy (non-hydrogen) atoms. The molecule has 0 aliphatic carbocycles. The Morgan fingerprint density at radius 1 is 1.29 bits per heavy atom. The molecule has 0 radical (unpaired) electrons. The van der Waals surface area contributed by atoms with E-state index < -0.39 is 0 Å². The van der Waals surface area contributed by atoms with Gasteiger partial charge in [0.2, 0.25) is 0 Å².